The number of phenolic OH excluding ortho intramolecular Hbond substituents is 1. The Balaban J connectivity index is 2.07. The van der Waals surface area contributed by atoms with Gasteiger partial charge in [0.25, 0.3) is 0 Å². The Kier molecular flexibility index (Phi) is 5.65. The first-order valence-electron chi connectivity index (χ1n) is 9.74. The van der Waals surface area contributed by atoms with E-state index in [1.165, 1.54) is 24.3 Å². The van der Waals surface area contributed by atoms with Gasteiger partial charge in [-0.25, -0.2) is 4.79 Å². The molecule has 0 atom stereocenters. The molecule has 0 aliphatic carbocycles. The summed E-state index contributed by atoms with van der Waals surface area (Å²) < 4.78 is 57.2. The van der Waals surface area contributed by atoms with E-state index < -0.39 is 40.5 Å². The lowest BCUT2D eigenvalue weighted by molar-refractivity contribution is -0.272. The van der Waals surface area contributed by atoms with Crippen LogP contribution in [0.25, 0.3) is 10.8 Å². The van der Waals surface area contributed by atoms with Crippen LogP contribution in [0.4, 0.5) is 18.0 Å². The maximum atomic E-state index is 13.5. The summed E-state index contributed by atoms with van der Waals surface area (Å²) in [5.74, 6) is -1.73. The van der Waals surface area contributed by atoms with Crippen LogP contribution >= 0.6 is 0 Å². The van der Waals surface area contributed by atoms with Gasteiger partial charge in [0.15, 0.2) is 5.79 Å². The summed E-state index contributed by atoms with van der Waals surface area (Å²) in [5, 5.41) is 12.6. The van der Waals surface area contributed by atoms with E-state index in [1.54, 1.807) is 34.6 Å². The zero-order valence-electron chi connectivity index (χ0n) is 18.0. The van der Waals surface area contributed by atoms with Crippen molar-refractivity contribution in [3.8, 4) is 5.75 Å². The molecule has 31 heavy (non-hydrogen) atoms. The van der Waals surface area contributed by atoms with Gasteiger partial charge in [-0.15, -0.1) is 0 Å². The van der Waals surface area contributed by atoms with E-state index in [4.69, 9.17) is 14.2 Å². The third kappa shape index (κ3) is 5.04. The largest absolute Gasteiger partial charge is 0.507 e. The van der Waals surface area contributed by atoms with Crippen LogP contribution in [0.2, 0.25) is 0 Å². The monoisotopic (exact) mass is 441 g/mol. The number of nitrogens with one attached hydrogen (secondary N) is 1. The Morgan fingerprint density at radius 1 is 1.10 bits per heavy atom. The number of halogens is 3. The first-order chi connectivity index (χ1) is 14.1. The molecular formula is C22H26F3NO5. The number of phenols is 1. The Hall–Kier alpha value is -2.52. The number of alkyl carbamates (subject to hydrolysis) is 1. The molecule has 2 aromatic carbocycles. The van der Waals surface area contributed by atoms with Gasteiger partial charge < -0.3 is 24.6 Å². The minimum Gasteiger partial charge on any atom is -0.507 e. The highest BCUT2D eigenvalue weighted by atomic mass is 19.4. The smallest absolute Gasteiger partial charge is 0.420 e. The average molecular weight is 441 g/mol. The van der Waals surface area contributed by atoms with Gasteiger partial charge in [0.2, 0.25) is 0 Å². The predicted molar refractivity (Wildman–Crippen MR) is 108 cm³/mol. The van der Waals surface area contributed by atoms with Gasteiger partial charge in [-0.3, -0.25) is 0 Å². The number of carbonyl (C=O) groups is 1. The Morgan fingerprint density at radius 3 is 2.26 bits per heavy atom. The summed E-state index contributed by atoms with van der Waals surface area (Å²) in [5.41, 5.74) is -2.55. The second-order valence-corrected chi connectivity index (χ2v) is 9.08. The molecule has 9 heteroatoms. The van der Waals surface area contributed by atoms with E-state index >= 15 is 0 Å². The fraction of sp³-hybridized carbons (Fsp3) is 0.500. The number of carbonyl (C=O) groups excluding carboxylic acids is 1. The van der Waals surface area contributed by atoms with E-state index in [2.05, 4.69) is 5.32 Å². The fourth-order valence-electron chi connectivity index (χ4n) is 3.40. The zero-order valence-corrected chi connectivity index (χ0v) is 18.0. The standard InChI is InChI=1S/C22H26F3NO5/c1-19(2,3)31-18(28)26-21(11-29-20(4,5)30-12-21)14-7-8-15-13(10-14)6-9-16(27)17(15)22(23,24)25/h6-10,27H,11-12H2,1-5H3,(H,26,28). The molecule has 2 aromatic rings. The molecule has 0 aromatic heterocycles. The number of alkyl halides is 3. The van der Waals surface area contributed by atoms with E-state index in [9.17, 15) is 23.1 Å². The summed E-state index contributed by atoms with van der Waals surface area (Å²) in [6.45, 7) is 8.66. The highest BCUT2D eigenvalue weighted by molar-refractivity contribution is 5.89. The van der Waals surface area contributed by atoms with Crippen molar-refractivity contribution in [3.05, 3.63) is 41.5 Å². The number of fused-ring (bicyclic) bond motifs is 1. The van der Waals surface area contributed by atoms with Crippen LogP contribution in [0.5, 0.6) is 5.75 Å². The van der Waals surface area contributed by atoms with Crippen molar-refractivity contribution < 1.29 is 37.3 Å². The van der Waals surface area contributed by atoms with Gasteiger partial charge in [-0.2, -0.15) is 13.2 Å². The normalized spacial score (nSPS) is 18.6. The van der Waals surface area contributed by atoms with Crippen LogP contribution < -0.4 is 5.32 Å². The van der Waals surface area contributed by atoms with E-state index in [0.29, 0.717) is 5.56 Å². The molecule has 0 unspecified atom stereocenters. The van der Waals surface area contributed by atoms with Gasteiger partial charge >= 0.3 is 12.3 Å². The molecule has 0 saturated carbocycles. The molecule has 1 fully saturated rings. The van der Waals surface area contributed by atoms with Crippen LogP contribution in [0.15, 0.2) is 30.3 Å². The Bertz CT molecular complexity index is 985. The van der Waals surface area contributed by atoms with Crippen molar-refractivity contribution >= 4 is 16.9 Å². The molecule has 6 nitrogen and oxygen atoms in total. The molecule has 0 spiro atoms. The van der Waals surface area contributed by atoms with Gasteiger partial charge in [-0.05, 0) is 63.1 Å². The second-order valence-electron chi connectivity index (χ2n) is 9.08. The number of rotatable bonds is 2. The van der Waals surface area contributed by atoms with Gasteiger partial charge in [0, 0.05) is 0 Å². The SMILES string of the molecule is CC(C)(C)OC(=O)NC1(c2ccc3c(C(F)(F)F)c(O)ccc3c2)COC(C)(C)OC1. The van der Waals surface area contributed by atoms with Crippen LogP contribution in [0, 0.1) is 0 Å². The number of amides is 1. The lowest BCUT2D eigenvalue weighted by Crippen LogP contribution is -2.59. The number of ether oxygens (including phenoxy) is 3. The number of hydrogen-bond donors (Lipinski definition) is 2. The number of hydrogen-bond acceptors (Lipinski definition) is 5. The summed E-state index contributed by atoms with van der Waals surface area (Å²) >= 11 is 0. The Labute approximate surface area is 178 Å². The van der Waals surface area contributed by atoms with Crippen LogP contribution in [0.1, 0.15) is 45.7 Å². The molecule has 1 heterocycles. The third-order valence-electron chi connectivity index (χ3n) is 4.91. The third-order valence-corrected chi connectivity index (χ3v) is 4.91. The molecule has 0 bridgehead atoms. The molecule has 1 aliphatic heterocycles. The van der Waals surface area contributed by atoms with Crippen molar-refractivity contribution in [2.75, 3.05) is 13.2 Å². The van der Waals surface area contributed by atoms with E-state index in [-0.39, 0.29) is 24.0 Å². The average Bonchev–Trinajstić information content (AvgIpc) is 2.60. The second kappa shape index (κ2) is 7.56. The van der Waals surface area contributed by atoms with Crippen molar-refractivity contribution in [3.63, 3.8) is 0 Å². The predicted octanol–water partition coefficient (Wildman–Crippen LogP) is 5.07. The van der Waals surface area contributed by atoms with Crippen LogP contribution in [-0.2, 0) is 25.9 Å². The molecule has 3 rings (SSSR count). The van der Waals surface area contributed by atoms with Crippen molar-refractivity contribution in [1.29, 1.82) is 0 Å². The molecular weight excluding hydrogens is 415 g/mol. The topological polar surface area (TPSA) is 77.0 Å². The molecule has 1 amide bonds. The van der Waals surface area contributed by atoms with Gasteiger partial charge in [0.05, 0.1) is 13.2 Å². The lowest BCUT2D eigenvalue weighted by atomic mass is 9.88. The quantitative estimate of drug-likeness (QED) is 0.681. The van der Waals surface area contributed by atoms with E-state index in [0.717, 1.165) is 6.07 Å². The Morgan fingerprint density at radius 2 is 1.71 bits per heavy atom. The highest BCUT2D eigenvalue weighted by Crippen LogP contribution is 2.42. The maximum Gasteiger partial charge on any atom is 0.420 e. The molecule has 1 saturated heterocycles. The summed E-state index contributed by atoms with van der Waals surface area (Å²) in [7, 11) is 0. The van der Waals surface area contributed by atoms with Crippen molar-refractivity contribution in [2.24, 2.45) is 0 Å². The van der Waals surface area contributed by atoms with Gasteiger partial charge in [-0.1, -0.05) is 18.2 Å². The van der Waals surface area contributed by atoms with Crippen molar-refractivity contribution in [2.45, 2.75) is 57.7 Å². The molecule has 170 valence electrons. The summed E-state index contributed by atoms with van der Waals surface area (Å²) in [6, 6.07) is 6.64. The minimum absolute atomic E-state index is 0.0228. The fourth-order valence-corrected chi connectivity index (χ4v) is 3.40. The summed E-state index contributed by atoms with van der Waals surface area (Å²) in [6.07, 6.45) is -5.43. The lowest BCUT2D eigenvalue weighted by Gasteiger charge is -2.44. The van der Waals surface area contributed by atoms with Crippen LogP contribution in [0.3, 0.4) is 0 Å². The number of aromatic hydroxyl groups is 1. The molecule has 2 N–H and O–H groups in total. The molecule has 0 radical (unpaired) electrons. The highest BCUT2D eigenvalue weighted by Gasteiger charge is 2.44. The maximum absolute atomic E-state index is 13.5. The molecule has 1 aliphatic rings. The zero-order chi connectivity index (χ0) is 23.2. The first-order valence-corrected chi connectivity index (χ1v) is 9.74. The number of benzene rings is 2. The van der Waals surface area contributed by atoms with E-state index in [1.807, 2.05) is 0 Å². The summed E-state index contributed by atoms with van der Waals surface area (Å²) in [4.78, 5) is 12.5. The van der Waals surface area contributed by atoms with Crippen molar-refractivity contribution in [1.82, 2.24) is 5.32 Å². The van der Waals surface area contributed by atoms with Crippen LogP contribution in [-0.4, -0.2) is 35.8 Å². The van der Waals surface area contributed by atoms with Gasteiger partial charge in [0.1, 0.15) is 22.5 Å². The first kappa shape index (κ1) is 23.1. The minimum atomic E-state index is -4.72.